The molecule has 0 N–H and O–H groups in total. The molecule has 0 heterocycles. The molecule has 0 unspecified atom stereocenters. The molecule has 0 saturated heterocycles. The van der Waals surface area contributed by atoms with Crippen LogP contribution in [0.4, 0.5) is 0 Å². The monoisotopic (exact) mass is 252 g/mol. The van der Waals surface area contributed by atoms with Gasteiger partial charge in [-0.2, -0.15) is 13.5 Å². The Balaban J connectivity index is 0. The Bertz CT molecular complexity index is 84.5. The average Bonchev–Trinajstić information content (AvgIpc) is 2.21. The molecule has 0 atom stereocenters. The van der Waals surface area contributed by atoms with Crippen molar-refractivity contribution in [3.8, 4) is 0 Å². The van der Waals surface area contributed by atoms with Crippen LogP contribution in [0.15, 0.2) is 0 Å². The maximum absolute atomic E-state index is 5.61. The highest BCUT2D eigenvalue weighted by Crippen LogP contribution is 2.11. The molecule has 0 radical (unpaired) electrons. The van der Waals surface area contributed by atoms with E-state index in [0.717, 1.165) is 5.88 Å². The van der Waals surface area contributed by atoms with Crippen LogP contribution in [0.2, 0.25) is 0 Å². The first kappa shape index (κ1) is 18.0. The van der Waals surface area contributed by atoms with Crippen LogP contribution in [0.25, 0.3) is 0 Å². The summed E-state index contributed by atoms with van der Waals surface area (Å²) in [5.74, 6) is 0.844. The zero-order valence-corrected chi connectivity index (χ0v) is 12.1. The number of alkyl halides is 1. The molecule has 0 aromatic heterocycles. The highest BCUT2D eigenvalue weighted by Gasteiger charge is 1.91. The van der Waals surface area contributed by atoms with Crippen LogP contribution in [0.1, 0.15) is 77.6 Å². The third-order valence-corrected chi connectivity index (χ3v) is 3.00. The summed E-state index contributed by atoms with van der Waals surface area (Å²) in [6.07, 6.45) is 15.4. The van der Waals surface area contributed by atoms with Gasteiger partial charge in [0.25, 0.3) is 0 Å². The number of hydrogen-bond acceptors (Lipinski definition) is 0. The Kier molecular flexibility index (Phi) is 20.5. The van der Waals surface area contributed by atoms with Crippen molar-refractivity contribution in [3.63, 3.8) is 0 Å². The molecule has 0 fully saturated rings. The van der Waals surface area contributed by atoms with Crippen LogP contribution in [0.3, 0.4) is 0 Å². The quantitative estimate of drug-likeness (QED) is 0.329. The molecule has 0 rings (SSSR count). The van der Waals surface area contributed by atoms with Crippen molar-refractivity contribution in [2.45, 2.75) is 77.6 Å². The molecular formula is C13H29ClS. The van der Waals surface area contributed by atoms with Crippen LogP contribution in [-0.4, -0.2) is 5.88 Å². The summed E-state index contributed by atoms with van der Waals surface area (Å²) in [5.41, 5.74) is 0. The molecule has 0 aromatic carbocycles. The lowest BCUT2D eigenvalue weighted by atomic mass is 10.1. The SMILES string of the molecule is CCCCCCCCCCCCCCl.S. The number of hydrogen-bond donors (Lipinski definition) is 0. The highest BCUT2D eigenvalue weighted by atomic mass is 35.5. The van der Waals surface area contributed by atoms with E-state index >= 15 is 0 Å². The molecule has 0 saturated carbocycles. The molecule has 0 aliphatic heterocycles. The number of unbranched alkanes of at least 4 members (excludes halogenated alkanes) is 10. The maximum Gasteiger partial charge on any atom is 0.0223 e. The second kappa shape index (κ2) is 17.0. The van der Waals surface area contributed by atoms with E-state index < -0.39 is 0 Å². The molecule has 0 aliphatic rings. The fourth-order valence-electron chi connectivity index (χ4n) is 1.76. The molecule has 0 aliphatic carbocycles. The minimum atomic E-state index is 0. The summed E-state index contributed by atoms with van der Waals surface area (Å²) < 4.78 is 0. The van der Waals surface area contributed by atoms with Crippen molar-refractivity contribution in [2.24, 2.45) is 0 Å². The van der Waals surface area contributed by atoms with Crippen molar-refractivity contribution in [1.29, 1.82) is 0 Å². The van der Waals surface area contributed by atoms with Crippen LogP contribution in [0.5, 0.6) is 0 Å². The summed E-state index contributed by atoms with van der Waals surface area (Å²) in [6, 6.07) is 0. The Morgan fingerprint density at radius 1 is 0.600 bits per heavy atom. The third kappa shape index (κ3) is 17.3. The van der Waals surface area contributed by atoms with Gasteiger partial charge < -0.3 is 0 Å². The van der Waals surface area contributed by atoms with E-state index in [9.17, 15) is 0 Å². The molecule has 0 spiro atoms. The standard InChI is InChI=1S/C13H27Cl.H2S/c1-2-3-4-5-6-7-8-9-10-11-12-13-14;/h2-13H2,1H3;1H2. The van der Waals surface area contributed by atoms with Gasteiger partial charge in [-0.25, -0.2) is 0 Å². The zero-order chi connectivity index (χ0) is 10.5. The molecule has 0 nitrogen and oxygen atoms in total. The summed E-state index contributed by atoms with van der Waals surface area (Å²) in [4.78, 5) is 0. The Morgan fingerprint density at radius 3 is 1.27 bits per heavy atom. The van der Waals surface area contributed by atoms with Gasteiger partial charge in [-0.05, 0) is 6.42 Å². The first-order valence-electron chi connectivity index (χ1n) is 6.47. The lowest BCUT2D eigenvalue weighted by Gasteiger charge is -2.01. The number of rotatable bonds is 11. The van der Waals surface area contributed by atoms with E-state index in [4.69, 9.17) is 11.6 Å². The number of halogens is 1. The zero-order valence-electron chi connectivity index (χ0n) is 10.4. The normalized spacial score (nSPS) is 10.0. The van der Waals surface area contributed by atoms with Gasteiger partial charge in [-0.1, -0.05) is 71.1 Å². The van der Waals surface area contributed by atoms with Gasteiger partial charge in [0.15, 0.2) is 0 Å². The lowest BCUT2D eigenvalue weighted by molar-refractivity contribution is 0.555. The topological polar surface area (TPSA) is 0 Å². The van der Waals surface area contributed by atoms with E-state index in [1.165, 1.54) is 70.6 Å². The van der Waals surface area contributed by atoms with E-state index in [0.29, 0.717) is 0 Å². The van der Waals surface area contributed by atoms with E-state index in [2.05, 4.69) is 6.92 Å². The third-order valence-electron chi connectivity index (χ3n) is 2.74. The predicted octanol–water partition coefficient (Wildman–Crippen LogP) is 5.65. The highest BCUT2D eigenvalue weighted by molar-refractivity contribution is 7.59. The van der Waals surface area contributed by atoms with E-state index in [1.807, 2.05) is 0 Å². The van der Waals surface area contributed by atoms with Crippen molar-refractivity contribution in [2.75, 3.05) is 5.88 Å². The predicted molar refractivity (Wildman–Crippen MR) is 77.6 cm³/mol. The van der Waals surface area contributed by atoms with Crippen LogP contribution >= 0.6 is 25.1 Å². The van der Waals surface area contributed by atoms with Crippen molar-refractivity contribution >= 4 is 25.1 Å². The minimum absolute atomic E-state index is 0. The first-order chi connectivity index (χ1) is 6.91. The molecule has 94 valence electrons. The van der Waals surface area contributed by atoms with Gasteiger partial charge in [-0.3, -0.25) is 0 Å². The summed E-state index contributed by atoms with van der Waals surface area (Å²) in [7, 11) is 0. The average molecular weight is 253 g/mol. The van der Waals surface area contributed by atoms with Crippen LogP contribution in [-0.2, 0) is 0 Å². The lowest BCUT2D eigenvalue weighted by Crippen LogP contribution is -1.82. The van der Waals surface area contributed by atoms with Gasteiger partial charge in [0.05, 0.1) is 0 Å². The second-order valence-electron chi connectivity index (χ2n) is 4.22. The second-order valence-corrected chi connectivity index (χ2v) is 4.60. The fourth-order valence-corrected chi connectivity index (χ4v) is 1.95. The van der Waals surface area contributed by atoms with Gasteiger partial charge >= 0.3 is 0 Å². The molecule has 2 heteroatoms. The largest absolute Gasteiger partial charge is 0.197 e. The molecule has 0 amide bonds. The summed E-state index contributed by atoms with van der Waals surface area (Å²) in [6.45, 7) is 2.27. The molecule has 0 aromatic rings. The van der Waals surface area contributed by atoms with E-state index in [1.54, 1.807) is 0 Å². The van der Waals surface area contributed by atoms with Crippen molar-refractivity contribution in [1.82, 2.24) is 0 Å². The Morgan fingerprint density at radius 2 is 0.933 bits per heavy atom. The summed E-state index contributed by atoms with van der Waals surface area (Å²) in [5, 5.41) is 0. The van der Waals surface area contributed by atoms with Crippen molar-refractivity contribution < 1.29 is 0 Å². The van der Waals surface area contributed by atoms with Crippen LogP contribution in [0, 0.1) is 0 Å². The minimum Gasteiger partial charge on any atom is -0.197 e. The molecule has 15 heavy (non-hydrogen) atoms. The van der Waals surface area contributed by atoms with Gasteiger partial charge in [0, 0.05) is 5.88 Å². The smallest absolute Gasteiger partial charge is 0.0223 e. The van der Waals surface area contributed by atoms with E-state index in [-0.39, 0.29) is 13.5 Å². The van der Waals surface area contributed by atoms with Crippen molar-refractivity contribution in [3.05, 3.63) is 0 Å². The van der Waals surface area contributed by atoms with Crippen LogP contribution < -0.4 is 0 Å². The van der Waals surface area contributed by atoms with Gasteiger partial charge in [0.1, 0.15) is 0 Å². The van der Waals surface area contributed by atoms with Gasteiger partial charge in [0.2, 0.25) is 0 Å². The Labute approximate surface area is 109 Å². The summed E-state index contributed by atoms with van der Waals surface area (Å²) >= 11 is 5.61. The Hall–Kier alpha value is 0.640. The molecular weight excluding hydrogens is 224 g/mol. The van der Waals surface area contributed by atoms with Gasteiger partial charge in [-0.15, -0.1) is 11.6 Å². The maximum atomic E-state index is 5.61. The fraction of sp³-hybridized carbons (Fsp3) is 1.00. The first-order valence-corrected chi connectivity index (χ1v) is 7.01. The molecule has 0 bridgehead atoms.